The molecule has 1 aromatic rings. The van der Waals surface area contributed by atoms with Crippen LogP contribution in [0.2, 0.25) is 0 Å². The molecule has 4 bridgehead atoms. The van der Waals surface area contributed by atoms with Gasteiger partial charge in [-0.3, -0.25) is 24.0 Å². The second kappa shape index (κ2) is 14.2. The molecule has 6 aliphatic rings. The van der Waals surface area contributed by atoms with Crippen molar-refractivity contribution in [1.82, 2.24) is 25.2 Å². The van der Waals surface area contributed by atoms with E-state index in [0.29, 0.717) is 49.7 Å². The van der Waals surface area contributed by atoms with Crippen molar-refractivity contribution < 1.29 is 46.3 Å². The number of hydrogen-bond acceptors (Lipinski definition) is 9. The minimum absolute atomic E-state index is 0.0189. The summed E-state index contributed by atoms with van der Waals surface area (Å²) in [5.41, 5.74) is 0.176. The number of carbonyl (C=O) groups is 5. The van der Waals surface area contributed by atoms with E-state index in [0.717, 1.165) is 18.4 Å². The van der Waals surface area contributed by atoms with Gasteiger partial charge in [0.15, 0.2) is 0 Å². The molecular formula is C36H44FN5O9S. The molecule has 0 aromatic heterocycles. The summed E-state index contributed by atoms with van der Waals surface area (Å²) < 4.78 is 53.7. The highest BCUT2D eigenvalue weighted by Crippen LogP contribution is 2.45. The number of sulfonamides is 1. The smallest absolute Gasteiger partial charge is 0.410 e. The van der Waals surface area contributed by atoms with Gasteiger partial charge in [0.1, 0.15) is 29.5 Å². The molecular weight excluding hydrogens is 697 g/mol. The van der Waals surface area contributed by atoms with E-state index in [4.69, 9.17) is 9.47 Å². The summed E-state index contributed by atoms with van der Waals surface area (Å²) in [7, 11) is -3.92. The molecule has 3 aliphatic heterocycles. The number of nitrogens with one attached hydrogen (secondary N) is 3. The molecule has 3 heterocycles. The first kappa shape index (κ1) is 35.9. The van der Waals surface area contributed by atoms with Crippen LogP contribution >= 0.6 is 0 Å². The molecule has 0 radical (unpaired) electrons. The Morgan fingerprint density at radius 2 is 1.81 bits per heavy atom. The number of halogens is 1. The molecule has 52 heavy (non-hydrogen) atoms. The van der Waals surface area contributed by atoms with Crippen LogP contribution in [0.15, 0.2) is 30.9 Å². The monoisotopic (exact) mass is 741 g/mol. The van der Waals surface area contributed by atoms with Crippen LogP contribution < -0.4 is 15.4 Å². The minimum atomic E-state index is -3.92. The molecule has 1 aromatic carbocycles. The van der Waals surface area contributed by atoms with Crippen molar-refractivity contribution in [2.45, 2.75) is 106 Å². The summed E-state index contributed by atoms with van der Waals surface area (Å²) >= 11 is 0. The van der Waals surface area contributed by atoms with E-state index in [1.165, 1.54) is 21.9 Å². The molecule has 3 saturated carbocycles. The number of allylic oxidation sites excluding steroid dienone is 1. The van der Waals surface area contributed by atoms with Gasteiger partial charge in [0, 0.05) is 17.9 Å². The predicted molar refractivity (Wildman–Crippen MR) is 184 cm³/mol. The normalized spacial score (nSPS) is 30.3. The number of cyclic esters (lactones) is 1. The van der Waals surface area contributed by atoms with Gasteiger partial charge < -0.3 is 25.0 Å². The first-order valence-electron chi connectivity index (χ1n) is 18.1. The predicted octanol–water partition coefficient (Wildman–Crippen LogP) is 3.01. The Morgan fingerprint density at radius 1 is 1.06 bits per heavy atom. The van der Waals surface area contributed by atoms with E-state index in [1.54, 1.807) is 6.07 Å². The molecule has 4 fully saturated rings. The van der Waals surface area contributed by atoms with Crippen LogP contribution in [0.3, 0.4) is 0 Å². The number of rotatable bonds is 7. The zero-order chi connectivity index (χ0) is 36.8. The Balaban J connectivity index is 1.16. The van der Waals surface area contributed by atoms with Crippen molar-refractivity contribution in [3.8, 4) is 0 Å². The second-order valence-electron chi connectivity index (χ2n) is 14.7. The number of ether oxygens (including phenoxy) is 2. The molecule has 0 unspecified atom stereocenters. The number of nitrogens with zero attached hydrogens (tertiary/aromatic N) is 2. The van der Waals surface area contributed by atoms with Crippen LogP contribution in [-0.4, -0.2) is 90.3 Å². The zero-order valence-electron chi connectivity index (χ0n) is 28.8. The summed E-state index contributed by atoms with van der Waals surface area (Å²) in [6, 6.07) is 0.725. The topological polar surface area (TPSA) is 181 Å². The molecule has 280 valence electrons. The summed E-state index contributed by atoms with van der Waals surface area (Å²) in [6.45, 7) is 3.71. The number of benzene rings is 1. The zero-order valence-corrected chi connectivity index (χ0v) is 29.6. The lowest BCUT2D eigenvalue weighted by Crippen LogP contribution is -2.59. The molecule has 16 heteroatoms. The van der Waals surface area contributed by atoms with Gasteiger partial charge in [-0.1, -0.05) is 37.1 Å². The number of hydrogen-bond donors (Lipinski definition) is 3. The van der Waals surface area contributed by atoms with Gasteiger partial charge in [0.05, 0.1) is 31.5 Å². The van der Waals surface area contributed by atoms with Crippen LogP contribution in [0.5, 0.6) is 0 Å². The molecule has 7 rings (SSSR count). The molecule has 3 aliphatic carbocycles. The highest BCUT2D eigenvalue weighted by Gasteiger charge is 2.62. The van der Waals surface area contributed by atoms with Crippen LogP contribution in [0.1, 0.15) is 80.9 Å². The van der Waals surface area contributed by atoms with E-state index in [-0.39, 0.29) is 45.0 Å². The van der Waals surface area contributed by atoms with Crippen LogP contribution in [-0.2, 0) is 47.0 Å². The molecule has 1 saturated heterocycles. The van der Waals surface area contributed by atoms with Crippen LogP contribution in [0.25, 0.3) is 6.08 Å². The average molecular weight is 742 g/mol. The Morgan fingerprint density at radius 3 is 2.52 bits per heavy atom. The van der Waals surface area contributed by atoms with Crippen molar-refractivity contribution in [2.75, 3.05) is 13.2 Å². The minimum Gasteiger partial charge on any atom is -0.450 e. The maximum absolute atomic E-state index is 14.9. The molecule has 3 N–H and O–H groups in total. The third-order valence-corrected chi connectivity index (χ3v) is 13.0. The Bertz CT molecular complexity index is 1810. The molecule has 14 nitrogen and oxygen atoms in total. The summed E-state index contributed by atoms with van der Waals surface area (Å²) in [5.74, 6) is -3.42. The third-order valence-electron chi connectivity index (χ3n) is 11.2. The van der Waals surface area contributed by atoms with Gasteiger partial charge in [-0.2, -0.15) is 0 Å². The van der Waals surface area contributed by atoms with Gasteiger partial charge in [0.2, 0.25) is 21.8 Å². The van der Waals surface area contributed by atoms with Gasteiger partial charge in [0.25, 0.3) is 5.91 Å². The highest BCUT2D eigenvalue weighted by molar-refractivity contribution is 7.91. The van der Waals surface area contributed by atoms with Crippen molar-refractivity contribution in [3.63, 3.8) is 0 Å². The van der Waals surface area contributed by atoms with E-state index < -0.39 is 80.6 Å². The molecule has 0 spiro atoms. The fourth-order valence-corrected chi connectivity index (χ4v) is 9.33. The number of amides is 5. The van der Waals surface area contributed by atoms with E-state index in [9.17, 15) is 36.8 Å². The number of carbonyl (C=O) groups excluding carboxylic acids is 5. The molecule has 5 amide bonds. The maximum Gasteiger partial charge on any atom is 0.410 e. The van der Waals surface area contributed by atoms with Crippen molar-refractivity contribution >= 4 is 46.0 Å². The maximum atomic E-state index is 14.9. The van der Waals surface area contributed by atoms with Gasteiger partial charge in [-0.25, -0.2) is 22.4 Å². The summed E-state index contributed by atoms with van der Waals surface area (Å²) in [5, 5.41) is 4.81. The Kier molecular flexibility index (Phi) is 9.78. The van der Waals surface area contributed by atoms with Gasteiger partial charge in [-0.05, 0) is 68.1 Å². The quantitative estimate of drug-likeness (QED) is 0.354. The lowest BCUT2D eigenvalue weighted by molar-refractivity contribution is -0.142. The third kappa shape index (κ3) is 7.13. The lowest BCUT2D eigenvalue weighted by Gasteiger charge is -2.32. The Labute approximate surface area is 301 Å². The summed E-state index contributed by atoms with van der Waals surface area (Å²) in [6.07, 6.45) is 7.66. The fraction of sp³-hybridized carbons (Fsp3) is 0.583. The lowest BCUT2D eigenvalue weighted by atomic mass is 9.96. The fourth-order valence-electron chi connectivity index (χ4n) is 7.97. The van der Waals surface area contributed by atoms with E-state index >= 15 is 0 Å². The van der Waals surface area contributed by atoms with Crippen molar-refractivity contribution in [2.24, 2.45) is 11.8 Å². The number of alkyl carbamates (subject to hydrolysis) is 1. The van der Waals surface area contributed by atoms with Gasteiger partial charge >= 0.3 is 12.2 Å². The van der Waals surface area contributed by atoms with E-state index in [2.05, 4.69) is 21.9 Å². The SMILES string of the molecule is C=C[C@@H]1C[C@]1(NC(=O)[C@@H]1C[C@@H]2CN1C(=O)[C@H](C1CCCC1)NC(=O)OCCC/C=C/c1ccc(F)c3c1CN(C3)C(=O)O2)C(=O)NS(=O)(=O)C1CC1. The summed E-state index contributed by atoms with van der Waals surface area (Å²) in [4.78, 5) is 71.3. The Hall–Kier alpha value is -4.47. The van der Waals surface area contributed by atoms with Crippen molar-refractivity contribution in [3.05, 3.63) is 53.4 Å². The van der Waals surface area contributed by atoms with Crippen LogP contribution in [0, 0.1) is 17.7 Å². The standard InChI is InChI=1S/C36H44FN5O9S/c1-2-23-17-36(23,33(45)40-52(48,49)25-12-13-25)39-31(43)29-16-24-18-42(29)32(44)30(22-9-5-6-10-22)38-34(46)50-15-7-3-4-8-21-11-14-28(37)27-20-41(19-26(21)27)35(47)51-24/h2,4,8,11,14,22-25,29-30H,1,3,5-7,9-10,12-13,15-20H2,(H,38,46)(H,39,43)(H,40,45)/b8-4+/t23-,24-,29+,30+,36-/m1/s1. The molecule has 5 atom stereocenters. The first-order chi connectivity index (χ1) is 24.9. The van der Waals surface area contributed by atoms with E-state index in [1.807, 2.05) is 12.2 Å². The van der Waals surface area contributed by atoms with Gasteiger partial charge in [-0.15, -0.1) is 6.58 Å². The van der Waals surface area contributed by atoms with Crippen LogP contribution in [0.4, 0.5) is 14.0 Å². The highest BCUT2D eigenvalue weighted by atomic mass is 32.2. The van der Waals surface area contributed by atoms with Crippen molar-refractivity contribution in [1.29, 1.82) is 0 Å². The first-order valence-corrected chi connectivity index (χ1v) is 19.6. The number of fused-ring (bicyclic) bond motifs is 3. The second-order valence-corrected chi connectivity index (χ2v) is 16.7. The largest absolute Gasteiger partial charge is 0.450 e. The average Bonchev–Trinajstić information content (AvgIpc) is 3.88.